The molecule has 0 aliphatic heterocycles. The lowest BCUT2D eigenvalue weighted by atomic mass is 10.1. The van der Waals surface area contributed by atoms with Gasteiger partial charge in [0.1, 0.15) is 11.6 Å². The molecule has 0 aliphatic carbocycles. The number of nitrogens with zero attached hydrogens (tertiary/aromatic N) is 1. The molecule has 0 heterocycles. The van der Waals surface area contributed by atoms with Gasteiger partial charge in [0.25, 0.3) is 5.91 Å². The second kappa shape index (κ2) is 6.84. The molecular weight excluding hydrogens is 270 g/mol. The zero-order valence-corrected chi connectivity index (χ0v) is 11.4. The summed E-state index contributed by atoms with van der Waals surface area (Å²) in [5, 5.41) is 14.6. The van der Waals surface area contributed by atoms with Crippen molar-refractivity contribution < 1.29 is 14.7 Å². The van der Waals surface area contributed by atoms with Gasteiger partial charge in [-0.15, -0.1) is 0 Å². The number of carbonyl (C=O) groups is 1. The van der Waals surface area contributed by atoms with Crippen LogP contribution in [0.4, 0.5) is 0 Å². The van der Waals surface area contributed by atoms with Crippen molar-refractivity contribution in [1.82, 2.24) is 5.32 Å². The van der Waals surface area contributed by atoms with E-state index in [9.17, 15) is 4.79 Å². The second-order valence-electron chi connectivity index (χ2n) is 3.98. The van der Waals surface area contributed by atoms with Crippen LogP contribution < -0.4 is 15.8 Å². The Labute approximate surface area is 116 Å². The van der Waals surface area contributed by atoms with E-state index in [0.717, 1.165) is 0 Å². The number of halogens is 1. The highest BCUT2D eigenvalue weighted by Gasteiger charge is 2.14. The van der Waals surface area contributed by atoms with Crippen molar-refractivity contribution in [3.63, 3.8) is 0 Å². The lowest BCUT2D eigenvalue weighted by molar-refractivity contribution is 0.0948. The molecule has 0 bridgehead atoms. The van der Waals surface area contributed by atoms with Gasteiger partial charge in [0.2, 0.25) is 0 Å². The summed E-state index contributed by atoms with van der Waals surface area (Å²) in [7, 11) is 1.46. The molecule has 1 rings (SSSR count). The summed E-state index contributed by atoms with van der Waals surface area (Å²) in [4.78, 5) is 12.0. The largest absolute Gasteiger partial charge is 0.496 e. The predicted molar refractivity (Wildman–Crippen MR) is 72.9 cm³/mol. The highest BCUT2D eigenvalue weighted by Crippen LogP contribution is 2.22. The first kappa shape index (κ1) is 15.1. The van der Waals surface area contributed by atoms with Crippen LogP contribution in [0.3, 0.4) is 0 Å². The number of oxime groups is 1. The average molecular weight is 286 g/mol. The molecule has 1 aromatic carbocycles. The van der Waals surface area contributed by atoms with E-state index in [1.807, 2.05) is 0 Å². The van der Waals surface area contributed by atoms with Gasteiger partial charge < -0.3 is 21.0 Å². The number of carbonyl (C=O) groups excluding carboxylic acids is 1. The normalized spacial score (nSPS) is 12.9. The van der Waals surface area contributed by atoms with E-state index in [1.165, 1.54) is 7.11 Å². The third kappa shape index (κ3) is 4.03. The van der Waals surface area contributed by atoms with Crippen LogP contribution in [-0.4, -0.2) is 30.6 Å². The van der Waals surface area contributed by atoms with Gasteiger partial charge in [0.05, 0.1) is 12.7 Å². The summed E-state index contributed by atoms with van der Waals surface area (Å²) < 4.78 is 5.09. The fraction of sp³-hybridized carbons (Fsp3) is 0.333. The number of hydrogen-bond donors (Lipinski definition) is 3. The zero-order valence-electron chi connectivity index (χ0n) is 10.7. The van der Waals surface area contributed by atoms with Gasteiger partial charge in [-0.1, -0.05) is 23.7 Å². The van der Waals surface area contributed by atoms with Gasteiger partial charge in [-0.25, -0.2) is 0 Å². The number of nitrogens with one attached hydrogen (secondary N) is 1. The maximum absolute atomic E-state index is 12.0. The third-order valence-corrected chi connectivity index (χ3v) is 2.83. The Morgan fingerprint density at radius 2 is 2.32 bits per heavy atom. The van der Waals surface area contributed by atoms with Gasteiger partial charge in [-0.05, 0) is 18.2 Å². The summed E-state index contributed by atoms with van der Waals surface area (Å²) in [5.74, 6) is -0.136. The maximum Gasteiger partial charge on any atom is 0.255 e. The van der Waals surface area contributed by atoms with Crippen LogP contribution in [0.25, 0.3) is 0 Å². The first-order chi connectivity index (χ1) is 8.99. The van der Waals surface area contributed by atoms with E-state index in [4.69, 9.17) is 27.3 Å². The summed E-state index contributed by atoms with van der Waals surface area (Å²) in [6, 6.07) is 4.74. The monoisotopic (exact) mass is 285 g/mol. The fourth-order valence-electron chi connectivity index (χ4n) is 1.40. The fourth-order valence-corrected chi connectivity index (χ4v) is 1.56. The molecule has 1 atom stereocenters. The van der Waals surface area contributed by atoms with Crippen LogP contribution in [-0.2, 0) is 0 Å². The van der Waals surface area contributed by atoms with Crippen molar-refractivity contribution in [3.8, 4) is 5.75 Å². The number of amidine groups is 1. The summed E-state index contributed by atoms with van der Waals surface area (Å²) >= 11 is 5.82. The molecule has 0 aromatic heterocycles. The molecule has 19 heavy (non-hydrogen) atoms. The number of rotatable bonds is 5. The molecule has 0 aliphatic rings. The number of ether oxygens (including phenoxy) is 1. The van der Waals surface area contributed by atoms with E-state index >= 15 is 0 Å². The lowest BCUT2D eigenvalue weighted by Crippen LogP contribution is -2.34. The molecule has 0 saturated heterocycles. The Balaban J connectivity index is 2.74. The van der Waals surface area contributed by atoms with E-state index in [2.05, 4.69) is 10.5 Å². The summed E-state index contributed by atoms with van der Waals surface area (Å²) in [5.41, 5.74) is 5.80. The topological polar surface area (TPSA) is 96.9 Å². The number of hydrogen-bond acceptors (Lipinski definition) is 4. The molecule has 0 saturated carbocycles. The first-order valence-electron chi connectivity index (χ1n) is 5.58. The molecule has 1 unspecified atom stereocenters. The minimum Gasteiger partial charge on any atom is -0.496 e. The van der Waals surface area contributed by atoms with Crippen LogP contribution in [0.15, 0.2) is 23.4 Å². The molecule has 104 valence electrons. The van der Waals surface area contributed by atoms with Crippen LogP contribution in [0.5, 0.6) is 5.75 Å². The Kier molecular flexibility index (Phi) is 5.44. The molecule has 4 N–H and O–H groups in total. The minimum absolute atomic E-state index is 0.0587. The smallest absolute Gasteiger partial charge is 0.255 e. The standard InChI is InChI=1S/C12H16ClN3O3/c1-7(11(14)16-18)6-15-12(17)9-4-3-8(13)5-10(9)19-2/h3-5,7,18H,6H2,1-2H3,(H2,14,16)(H,15,17). The summed E-state index contributed by atoms with van der Waals surface area (Å²) in [6.45, 7) is 1.98. The highest BCUT2D eigenvalue weighted by atomic mass is 35.5. The van der Waals surface area contributed by atoms with E-state index in [-0.39, 0.29) is 24.2 Å². The van der Waals surface area contributed by atoms with Crippen molar-refractivity contribution in [1.29, 1.82) is 0 Å². The number of methoxy groups -OCH3 is 1. The van der Waals surface area contributed by atoms with Gasteiger partial charge in [-0.2, -0.15) is 0 Å². The van der Waals surface area contributed by atoms with Gasteiger partial charge in [-0.3, -0.25) is 4.79 Å². The Bertz CT molecular complexity index is 491. The van der Waals surface area contributed by atoms with E-state index in [1.54, 1.807) is 25.1 Å². The van der Waals surface area contributed by atoms with Crippen LogP contribution in [0.1, 0.15) is 17.3 Å². The van der Waals surface area contributed by atoms with Crippen LogP contribution >= 0.6 is 11.6 Å². The third-order valence-electron chi connectivity index (χ3n) is 2.60. The molecule has 6 nitrogen and oxygen atoms in total. The van der Waals surface area contributed by atoms with Gasteiger partial charge in [0.15, 0.2) is 0 Å². The van der Waals surface area contributed by atoms with Gasteiger partial charge >= 0.3 is 0 Å². The average Bonchev–Trinajstić information content (AvgIpc) is 2.43. The van der Waals surface area contributed by atoms with Crippen molar-refractivity contribution in [3.05, 3.63) is 28.8 Å². The van der Waals surface area contributed by atoms with Gasteiger partial charge in [0, 0.05) is 17.5 Å². The quantitative estimate of drug-likeness (QED) is 0.330. The molecule has 0 fully saturated rings. The lowest BCUT2D eigenvalue weighted by Gasteiger charge is -2.12. The zero-order chi connectivity index (χ0) is 14.4. The van der Waals surface area contributed by atoms with Crippen LogP contribution in [0.2, 0.25) is 5.02 Å². The number of nitrogens with two attached hydrogens (primary N) is 1. The Hall–Kier alpha value is -1.95. The first-order valence-corrected chi connectivity index (χ1v) is 5.96. The SMILES string of the molecule is COc1cc(Cl)ccc1C(=O)NCC(C)/C(N)=N/O. The molecule has 0 radical (unpaired) electrons. The highest BCUT2D eigenvalue weighted by molar-refractivity contribution is 6.30. The molecule has 1 amide bonds. The Morgan fingerprint density at radius 3 is 2.89 bits per heavy atom. The van der Waals surface area contributed by atoms with Crippen molar-refractivity contribution in [2.45, 2.75) is 6.92 Å². The minimum atomic E-state index is -0.314. The van der Waals surface area contributed by atoms with Crippen molar-refractivity contribution in [2.24, 2.45) is 16.8 Å². The van der Waals surface area contributed by atoms with E-state index < -0.39 is 0 Å². The van der Waals surface area contributed by atoms with Crippen molar-refractivity contribution in [2.75, 3.05) is 13.7 Å². The van der Waals surface area contributed by atoms with E-state index in [0.29, 0.717) is 16.3 Å². The van der Waals surface area contributed by atoms with Crippen LogP contribution in [0, 0.1) is 5.92 Å². The molecule has 7 heteroatoms. The number of amides is 1. The predicted octanol–water partition coefficient (Wildman–Crippen LogP) is 1.46. The van der Waals surface area contributed by atoms with Crippen molar-refractivity contribution >= 4 is 23.3 Å². The Morgan fingerprint density at radius 1 is 1.63 bits per heavy atom. The second-order valence-corrected chi connectivity index (χ2v) is 4.42. The number of benzene rings is 1. The molecule has 0 spiro atoms. The molecular formula is C12H16ClN3O3. The summed E-state index contributed by atoms with van der Waals surface area (Å²) in [6.07, 6.45) is 0. The molecule has 1 aromatic rings. The maximum atomic E-state index is 12.0.